The first-order valence-electron chi connectivity index (χ1n) is 6.21. The highest BCUT2D eigenvalue weighted by atomic mass is 32.1. The first-order valence-corrected chi connectivity index (χ1v) is 7.03. The van der Waals surface area contributed by atoms with E-state index in [4.69, 9.17) is 10.7 Å². The largest absolute Gasteiger partial charge is 0.330 e. The van der Waals surface area contributed by atoms with Crippen molar-refractivity contribution in [3.63, 3.8) is 0 Å². The van der Waals surface area contributed by atoms with Gasteiger partial charge in [-0.1, -0.05) is 32.4 Å². The van der Waals surface area contributed by atoms with E-state index in [1.165, 1.54) is 22.5 Å². The molecule has 92 valence electrons. The SMILES string of the molecule is CCCC(C)(CN)Cc1nc2ccccc2s1. The molecule has 17 heavy (non-hydrogen) atoms. The van der Waals surface area contributed by atoms with Gasteiger partial charge in [-0.2, -0.15) is 0 Å². The van der Waals surface area contributed by atoms with E-state index in [9.17, 15) is 0 Å². The number of thiazole rings is 1. The number of hydrogen-bond donors (Lipinski definition) is 1. The van der Waals surface area contributed by atoms with Crippen molar-refractivity contribution in [2.75, 3.05) is 6.54 Å². The minimum Gasteiger partial charge on any atom is -0.330 e. The van der Waals surface area contributed by atoms with Gasteiger partial charge in [-0.3, -0.25) is 0 Å². The molecule has 0 aliphatic carbocycles. The molecule has 1 aromatic carbocycles. The van der Waals surface area contributed by atoms with Crippen molar-refractivity contribution in [2.45, 2.75) is 33.1 Å². The first kappa shape index (κ1) is 12.5. The third-order valence-corrected chi connectivity index (χ3v) is 4.30. The number of hydrogen-bond acceptors (Lipinski definition) is 3. The van der Waals surface area contributed by atoms with E-state index in [2.05, 4.69) is 32.0 Å². The Morgan fingerprint density at radius 1 is 1.35 bits per heavy atom. The Morgan fingerprint density at radius 3 is 2.76 bits per heavy atom. The van der Waals surface area contributed by atoms with Crippen LogP contribution in [0.15, 0.2) is 24.3 Å². The molecule has 0 fully saturated rings. The number of para-hydroxylation sites is 1. The van der Waals surface area contributed by atoms with Gasteiger partial charge in [-0.15, -0.1) is 11.3 Å². The lowest BCUT2D eigenvalue weighted by Crippen LogP contribution is -2.29. The summed E-state index contributed by atoms with van der Waals surface area (Å²) in [6, 6.07) is 8.32. The fraction of sp³-hybridized carbons (Fsp3) is 0.500. The summed E-state index contributed by atoms with van der Waals surface area (Å²) in [5, 5.41) is 1.22. The van der Waals surface area contributed by atoms with Gasteiger partial charge < -0.3 is 5.73 Å². The smallest absolute Gasteiger partial charge is 0.0944 e. The van der Waals surface area contributed by atoms with Crippen LogP contribution in [0.1, 0.15) is 31.7 Å². The molecule has 1 atom stereocenters. The number of nitrogens with two attached hydrogens (primary N) is 1. The quantitative estimate of drug-likeness (QED) is 0.878. The Bertz CT molecular complexity index is 459. The van der Waals surface area contributed by atoms with Gasteiger partial charge in [0.15, 0.2) is 0 Å². The lowest BCUT2D eigenvalue weighted by atomic mass is 9.83. The summed E-state index contributed by atoms with van der Waals surface area (Å²) >= 11 is 1.80. The van der Waals surface area contributed by atoms with Crippen molar-refractivity contribution >= 4 is 21.6 Å². The fourth-order valence-electron chi connectivity index (χ4n) is 2.23. The summed E-state index contributed by atoms with van der Waals surface area (Å²) in [5.41, 5.74) is 7.22. The predicted octanol–water partition coefficient (Wildman–Crippen LogP) is 3.60. The van der Waals surface area contributed by atoms with Crippen molar-refractivity contribution in [1.82, 2.24) is 4.98 Å². The average molecular weight is 248 g/mol. The summed E-state index contributed by atoms with van der Waals surface area (Å²) in [5.74, 6) is 0. The van der Waals surface area contributed by atoms with Gasteiger partial charge in [-0.05, 0) is 30.5 Å². The van der Waals surface area contributed by atoms with Crippen LogP contribution >= 0.6 is 11.3 Å². The summed E-state index contributed by atoms with van der Waals surface area (Å²) in [7, 11) is 0. The zero-order chi connectivity index (χ0) is 12.3. The molecule has 0 saturated heterocycles. The summed E-state index contributed by atoms with van der Waals surface area (Å²) in [6.45, 7) is 5.21. The second-order valence-corrected chi connectivity index (χ2v) is 6.13. The fourth-order valence-corrected chi connectivity index (χ4v) is 3.41. The molecule has 0 saturated carbocycles. The van der Waals surface area contributed by atoms with Crippen molar-refractivity contribution in [2.24, 2.45) is 11.1 Å². The van der Waals surface area contributed by atoms with Crippen LogP contribution in [-0.2, 0) is 6.42 Å². The van der Waals surface area contributed by atoms with E-state index in [0.29, 0.717) is 0 Å². The maximum atomic E-state index is 5.91. The maximum Gasteiger partial charge on any atom is 0.0944 e. The highest BCUT2D eigenvalue weighted by molar-refractivity contribution is 7.18. The van der Waals surface area contributed by atoms with Gasteiger partial charge in [0.25, 0.3) is 0 Å². The molecule has 2 rings (SSSR count). The number of aromatic nitrogens is 1. The topological polar surface area (TPSA) is 38.9 Å². The number of benzene rings is 1. The maximum absolute atomic E-state index is 5.91. The lowest BCUT2D eigenvalue weighted by Gasteiger charge is -2.26. The van der Waals surface area contributed by atoms with Crippen LogP contribution in [0.25, 0.3) is 10.2 Å². The van der Waals surface area contributed by atoms with E-state index in [1.54, 1.807) is 11.3 Å². The molecule has 1 heterocycles. The molecule has 3 heteroatoms. The predicted molar refractivity (Wildman–Crippen MR) is 75.4 cm³/mol. The van der Waals surface area contributed by atoms with Gasteiger partial charge in [-0.25, -0.2) is 4.98 Å². The zero-order valence-electron chi connectivity index (χ0n) is 10.6. The van der Waals surface area contributed by atoms with Crippen LogP contribution < -0.4 is 5.73 Å². The molecule has 1 unspecified atom stereocenters. The van der Waals surface area contributed by atoms with Gasteiger partial charge >= 0.3 is 0 Å². The number of fused-ring (bicyclic) bond motifs is 1. The normalized spacial score (nSPS) is 15.0. The summed E-state index contributed by atoms with van der Waals surface area (Å²) in [4.78, 5) is 4.69. The Kier molecular flexibility index (Phi) is 3.79. The third kappa shape index (κ3) is 2.85. The Morgan fingerprint density at radius 2 is 2.12 bits per heavy atom. The van der Waals surface area contributed by atoms with Crippen LogP contribution in [0.3, 0.4) is 0 Å². The first-order chi connectivity index (χ1) is 8.17. The molecule has 2 N–H and O–H groups in total. The minimum absolute atomic E-state index is 0.197. The molecule has 1 aromatic heterocycles. The van der Waals surface area contributed by atoms with Gasteiger partial charge in [0, 0.05) is 6.42 Å². The molecule has 0 radical (unpaired) electrons. The molecule has 0 spiro atoms. The van der Waals surface area contributed by atoms with Crippen LogP contribution in [0.4, 0.5) is 0 Å². The Labute approximate surface area is 107 Å². The molecule has 0 aliphatic heterocycles. The summed E-state index contributed by atoms with van der Waals surface area (Å²) in [6.07, 6.45) is 3.34. The third-order valence-electron chi connectivity index (χ3n) is 3.26. The molecule has 0 bridgehead atoms. The van der Waals surface area contributed by atoms with Crippen LogP contribution in [0.2, 0.25) is 0 Å². The van der Waals surface area contributed by atoms with E-state index in [1.807, 2.05) is 6.07 Å². The molecule has 0 aliphatic rings. The van der Waals surface area contributed by atoms with Gasteiger partial charge in [0.1, 0.15) is 0 Å². The monoisotopic (exact) mass is 248 g/mol. The highest BCUT2D eigenvalue weighted by Gasteiger charge is 2.23. The molecule has 0 amide bonds. The molecule has 2 aromatic rings. The summed E-state index contributed by atoms with van der Waals surface area (Å²) < 4.78 is 1.28. The van der Waals surface area contributed by atoms with Crippen molar-refractivity contribution in [3.05, 3.63) is 29.3 Å². The van der Waals surface area contributed by atoms with Crippen molar-refractivity contribution in [3.8, 4) is 0 Å². The van der Waals surface area contributed by atoms with Gasteiger partial charge in [0.2, 0.25) is 0 Å². The number of nitrogens with zero attached hydrogens (tertiary/aromatic N) is 1. The van der Waals surface area contributed by atoms with E-state index in [-0.39, 0.29) is 5.41 Å². The van der Waals surface area contributed by atoms with E-state index < -0.39 is 0 Å². The second kappa shape index (κ2) is 5.15. The Balaban J connectivity index is 2.22. The van der Waals surface area contributed by atoms with E-state index >= 15 is 0 Å². The van der Waals surface area contributed by atoms with Crippen LogP contribution in [0.5, 0.6) is 0 Å². The number of rotatable bonds is 5. The molecular formula is C14H20N2S. The second-order valence-electron chi connectivity index (χ2n) is 5.02. The van der Waals surface area contributed by atoms with Crippen molar-refractivity contribution in [1.29, 1.82) is 0 Å². The standard InChI is InChI=1S/C14H20N2S/c1-3-8-14(2,10-15)9-13-16-11-6-4-5-7-12(11)17-13/h4-7H,3,8-10,15H2,1-2H3. The molecular weight excluding hydrogens is 228 g/mol. The van der Waals surface area contributed by atoms with Crippen molar-refractivity contribution < 1.29 is 0 Å². The Hall–Kier alpha value is -0.930. The van der Waals surface area contributed by atoms with Gasteiger partial charge in [0.05, 0.1) is 15.2 Å². The van der Waals surface area contributed by atoms with E-state index in [0.717, 1.165) is 18.5 Å². The molecule has 2 nitrogen and oxygen atoms in total. The highest BCUT2D eigenvalue weighted by Crippen LogP contribution is 2.31. The van der Waals surface area contributed by atoms with Crippen LogP contribution in [0, 0.1) is 5.41 Å². The average Bonchev–Trinajstić information content (AvgIpc) is 2.71. The van der Waals surface area contributed by atoms with Crippen LogP contribution in [-0.4, -0.2) is 11.5 Å². The zero-order valence-corrected chi connectivity index (χ0v) is 11.4. The minimum atomic E-state index is 0.197. The lowest BCUT2D eigenvalue weighted by molar-refractivity contribution is 0.302.